The highest BCUT2D eigenvalue weighted by Crippen LogP contribution is 2.22. The molecule has 0 bridgehead atoms. The monoisotopic (exact) mass is 241 g/mol. The molecular formula is C16H19NO. The van der Waals surface area contributed by atoms with E-state index in [4.69, 9.17) is 0 Å². The SMILES string of the molecule is CCN(Cc1ccccc1)c1ccccc1CO. The van der Waals surface area contributed by atoms with Crippen LogP contribution in [0.3, 0.4) is 0 Å². The topological polar surface area (TPSA) is 23.5 Å². The van der Waals surface area contributed by atoms with E-state index in [9.17, 15) is 5.11 Å². The van der Waals surface area contributed by atoms with E-state index < -0.39 is 0 Å². The van der Waals surface area contributed by atoms with Crippen LogP contribution >= 0.6 is 0 Å². The van der Waals surface area contributed by atoms with Crippen LogP contribution in [0.25, 0.3) is 0 Å². The summed E-state index contributed by atoms with van der Waals surface area (Å²) in [7, 11) is 0. The van der Waals surface area contributed by atoms with E-state index in [2.05, 4.69) is 42.2 Å². The van der Waals surface area contributed by atoms with Gasteiger partial charge in [-0.1, -0.05) is 48.5 Å². The van der Waals surface area contributed by atoms with Crippen molar-refractivity contribution in [1.29, 1.82) is 0 Å². The molecule has 0 aliphatic carbocycles. The van der Waals surface area contributed by atoms with E-state index in [1.165, 1.54) is 5.56 Å². The number of aliphatic hydroxyl groups excluding tert-OH is 1. The molecule has 18 heavy (non-hydrogen) atoms. The number of aliphatic hydroxyl groups is 1. The molecule has 0 saturated carbocycles. The second-order valence-electron chi connectivity index (χ2n) is 4.29. The van der Waals surface area contributed by atoms with Gasteiger partial charge in [0.25, 0.3) is 0 Å². The Bertz CT molecular complexity index is 481. The highest BCUT2D eigenvalue weighted by molar-refractivity contribution is 5.53. The minimum absolute atomic E-state index is 0.0848. The van der Waals surface area contributed by atoms with E-state index >= 15 is 0 Å². The summed E-state index contributed by atoms with van der Waals surface area (Å²) in [6, 6.07) is 18.4. The van der Waals surface area contributed by atoms with Crippen molar-refractivity contribution in [3.05, 3.63) is 65.7 Å². The van der Waals surface area contributed by atoms with Gasteiger partial charge in [0.2, 0.25) is 0 Å². The average molecular weight is 241 g/mol. The Hall–Kier alpha value is -1.80. The molecule has 0 aromatic heterocycles. The van der Waals surface area contributed by atoms with Crippen LogP contribution in [0.15, 0.2) is 54.6 Å². The van der Waals surface area contributed by atoms with Crippen molar-refractivity contribution in [3.63, 3.8) is 0 Å². The van der Waals surface area contributed by atoms with Crippen molar-refractivity contribution >= 4 is 5.69 Å². The van der Waals surface area contributed by atoms with Crippen molar-refractivity contribution in [2.24, 2.45) is 0 Å². The van der Waals surface area contributed by atoms with Crippen LogP contribution in [0, 0.1) is 0 Å². The first-order valence-corrected chi connectivity index (χ1v) is 6.32. The standard InChI is InChI=1S/C16H19NO/c1-2-17(12-14-8-4-3-5-9-14)16-11-7-6-10-15(16)13-18/h3-11,18H,2,12-13H2,1H3. The zero-order chi connectivity index (χ0) is 12.8. The lowest BCUT2D eigenvalue weighted by Crippen LogP contribution is -2.23. The van der Waals surface area contributed by atoms with Crippen LogP contribution in [-0.2, 0) is 13.2 Å². The molecule has 0 unspecified atom stereocenters. The molecule has 0 atom stereocenters. The van der Waals surface area contributed by atoms with Gasteiger partial charge < -0.3 is 10.0 Å². The largest absolute Gasteiger partial charge is 0.392 e. The van der Waals surface area contributed by atoms with Gasteiger partial charge in [-0.3, -0.25) is 0 Å². The number of hydrogen-bond donors (Lipinski definition) is 1. The first-order chi connectivity index (χ1) is 8.85. The summed E-state index contributed by atoms with van der Waals surface area (Å²) in [4.78, 5) is 2.28. The van der Waals surface area contributed by atoms with Gasteiger partial charge in [0, 0.05) is 24.3 Å². The molecule has 1 N–H and O–H groups in total. The van der Waals surface area contributed by atoms with E-state index in [0.29, 0.717) is 0 Å². The lowest BCUT2D eigenvalue weighted by Gasteiger charge is -2.25. The molecule has 0 aliphatic heterocycles. The van der Waals surface area contributed by atoms with Gasteiger partial charge in [-0.05, 0) is 18.6 Å². The summed E-state index contributed by atoms with van der Waals surface area (Å²) >= 11 is 0. The maximum Gasteiger partial charge on any atom is 0.0702 e. The van der Waals surface area contributed by atoms with Gasteiger partial charge in [0.05, 0.1) is 6.61 Å². The number of rotatable bonds is 5. The van der Waals surface area contributed by atoms with Crippen LogP contribution in [0.5, 0.6) is 0 Å². The second kappa shape index (κ2) is 6.22. The van der Waals surface area contributed by atoms with Crippen molar-refractivity contribution < 1.29 is 5.11 Å². The average Bonchev–Trinajstić information content (AvgIpc) is 2.46. The molecule has 0 spiro atoms. The first-order valence-electron chi connectivity index (χ1n) is 6.32. The van der Waals surface area contributed by atoms with Crippen molar-refractivity contribution in [2.45, 2.75) is 20.1 Å². The van der Waals surface area contributed by atoms with Crippen molar-refractivity contribution in [3.8, 4) is 0 Å². The highest BCUT2D eigenvalue weighted by Gasteiger charge is 2.08. The Balaban J connectivity index is 2.23. The fourth-order valence-electron chi connectivity index (χ4n) is 2.12. The molecule has 0 amide bonds. The maximum absolute atomic E-state index is 9.40. The van der Waals surface area contributed by atoms with E-state index in [0.717, 1.165) is 24.3 Å². The lowest BCUT2D eigenvalue weighted by atomic mass is 10.1. The zero-order valence-corrected chi connectivity index (χ0v) is 10.7. The Labute approximate surface area is 109 Å². The van der Waals surface area contributed by atoms with Gasteiger partial charge >= 0.3 is 0 Å². The number of para-hydroxylation sites is 1. The predicted octanol–water partition coefficient (Wildman–Crippen LogP) is 3.21. The molecular weight excluding hydrogens is 222 g/mol. The summed E-state index contributed by atoms with van der Waals surface area (Å²) in [5.74, 6) is 0. The number of anilines is 1. The highest BCUT2D eigenvalue weighted by atomic mass is 16.3. The Morgan fingerprint density at radius 3 is 2.28 bits per heavy atom. The molecule has 0 saturated heterocycles. The summed E-state index contributed by atoms with van der Waals surface area (Å²) in [5.41, 5.74) is 3.38. The third-order valence-corrected chi connectivity index (χ3v) is 3.10. The summed E-state index contributed by atoms with van der Waals surface area (Å²) in [6.45, 7) is 4.01. The quantitative estimate of drug-likeness (QED) is 0.869. The number of benzene rings is 2. The summed E-state index contributed by atoms with van der Waals surface area (Å²) < 4.78 is 0. The molecule has 2 aromatic rings. The van der Waals surface area contributed by atoms with Gasteiger partial charge in [-0.2, -0.15) is 0 Å². The third-order valence-electron chi connectivity index (χ3n) is 3.10. The van der Waals surface area contributed by atoms with Gasteiger partial charge in [0.1, 0.15) is 0 Å². The van der Waals surface area contributed by atoms with Crippen LogP contribution in [-0.4, -0.2) is 11.7 Å². The molecule has 2 nitrogen and oxygen atoms in total. The second-order valence-corrected chi connectivity index (χ2v) is 4.29. The smallest absolute Gasteiger partial charge is 0.0702 e. The molecule has 0 heterocycles. The molecule has 0 aliphatic rings. The fraction of sp³-hybridized carbons (Fsp3) is 0.250. The Morgan fingerprint density at radius 2 is 1.61 bits per heavy atom. The molecule has 0 fully saturated rings. The summed E-state index contributed by atoms with van der Waals surface area (Å²) in [6.07, 6.45) is 0. The fourth-order valence-corrected chi connectivity index (χ4v) is 2.12. The zero-order valence-electron chi connectivity index (χ0n) is 10.7. The van der Waals surface area contributed by atoms with E-state index in [1.807, 2.05) is 24.3 Å². The normalized spacial score (nSPS) is 10.3. The Morgan fingerprint density at radius 1 is 0.944 bits per heavy atom. The van der Waals surface area contributed by atoms with Crippen LogP contribution in [0.2, 0.25) is 0 Å². The van der Waals surface area contributed by atoms with Crippen LogP contribution in [0.1, 0.15) is 18.1 Å². The van der Waals surface area contributed by atoms with Crippen molar-refractivity contribution in [2.75, 3.05) is 11.4 Å². The minimum Gasteiger partial charge on any atom is -0.392 e. The van der Waals surface area contributed by atoms with Crippen LogP contribution in [0.4, 0.5) is 5.69 Å². The van der Waals surface area contributed by atoms with Crippen LogP contribution < -0.4 is 4.90 Å². The van der Waals surface area contributed by atoms with Gasteiger partial charge in [-0.25, -0.2) is 0 Å². The number of hydrogen-bond acceptors (Lipinski definition) is 2. The predicted molar refractivity (Wildman–Crippen MR) is 75.5 cm³/mol. The lowest BCUT2D eigenvalue weighted by molar-refractivity contribution is 0.282. The third kappa shape index (κ3) is 2.90. The number of nitrogens with zero attached hydrogens (tertiary/aromatic N) is 1. The Kier molecular flexibility index (Phi) is 4.37. The molecule has 0 radical (unpaired) electrons. The van der Waals surface area contributed by atoms with Crippen molar-refractivity contribution in [1.82, 2.24) is 0 Å². The maximum atomic E-state index is 9.40. The minimum atomic E-state index is 0.0848. The van der Waals surface area contributed by atoms with Gasteiger partial charge in [0.15, 0.2) is 0 Å². The first kappa shape index (κ1) is 12.7. The summed E-state index contributed by atoms with van der Waals surface area (Å²) in [5, 5.41) is 9.40. The molecule has 2 aromatic carbocycles. The molecule has 94 valence electrons. The molecule has 2 heteroatoms. The molecule has 2 rings (SSSR count). The van der Waals surface area contributed by atoms with E-state index in [-0.39, 0.29) is 6.61 Å². The van der Waals surface area contributed by atoms with E-state index in [1.54, 1.807) is 0 Å². The van der Waals surface area contributed by atoms with Gasteiger partial charge in [-0.15, -0.1) is 0 Å².